The van der Waals surface area contributed by atoms with Crippen molar-refractivity contribution in [3.8, 4) is 0 Å². The van der Waals surface area contributed by atoms with E-state index in [4.69, 9.17) is 13.3 Å². The lowest BCUT2D eigenvalue weighted by Crippen LogP contribution is -2.42. The van der Waals surface area contributed by atoms with Gasteiger partial charge in [0.05, 0.1) is 0 Å². The van der Waals surface area contributed by atoms with Crippen LogP contribution in [0.3, 0.4) is 0 Å². The molecule has 1 aliphatic rings. The van der Waals surface area contributed by atoms with Crippen molar-refractivity contribution < 1.29 is 13.3 Å². The molecule has 0 amide bonds. The summed E-state index contributed by atoms with van der Waals surface area (Å²) < 4.78 is 16.5. The van der Waals surface area contributed by atoms with Gasteiger partial charge in [-0.15, -0.1) is 0 Å². The van der Waals surface area contributed by atoms with Crippen LogP contribution in [0.25, 0.3) is 0 Å². The van der Waals surface area contributed by atoms with Crippen molar-refractivity contribution in [2.24, 2.45) is 0 Å². The zero-order valence-electron chi connectivity index (χ0n) is 13.6. The van der Waals surface area contributed by atoms with Gasteiger partial charge in [0.1, 0.15) is 0 Å². The van der Waals surface area contributed by atoms with Crippen molar-refractivity contribution in [1.82, 2.24) is 4.98 Å². The predicted octanol–water partition coefficient (Wildman–Crippen LogP) is 3.87. The number of nitrogens with one attached hydrogen (secondary N) is 1. The number of hydrogen-bond acceptors (Lipinski definition) is 3. The molecule has 1 fully saturated rings. The monoisotopic (exact) mass is 311 g/mol. The predicted molar refractivity (Wildman–Crippen MR) is 86.5 cm³/mol. The van der Waals surface area contributed by atoms with Crippen molar-refractivity contribution in [1.29, 1.82) is 0 Å². The van der Waals surface area contributed by atoms with E-state index in [-0.39, 0.29) is 0 Å². The highest BCUT2D eigenvalue weighted by molar-refractivity contribution is 6.60. The highest BCUT2D eigenvalue weighted by atomic mass is 28.4. The second kappa shape index (κ2) is 8.13. The first-order valence-electron chi connectivity index (χ1n) is 8.06. The molecule has 4 nitrogen and oxygen atoms in total. The van der Waals surface area contributed by atoms with Gasteiger partial charge < -0.3 is 18.3 Å². The van der Waals surface area contributed by atoms with Crippen LogP contribution in [0, 0.1) is 0 Å². The standard InChI is InChI=1S/C16H29NO3Si/c1-18-21(19-2,20-3)13-7-10-16-15(11-12-17-16)14-8-5-4-6-9-14/h11-12,14,17H,4-10,13H2,1-3H3. The third kappa shape index (κ3) is 4.19. The molecule has 0 radical (unpaired) electrons. The smallest absolute Gasteiger partial charge is 0.377 e. The Morgan fingerprint density at radius 3 is 2.38 bits per heavy atom. The molecule has 1 aliphatic carbocycles. The minimum Gasteiger partial charge on any atom is -0.377 e. The molecule has 0 spiro atoms. The van der Waals surface area contributed by atoms with Gasteiger partial charge in [-0.05, 0) is 43.2 Å². The highest BCUT2D eigenvalue weighted by Gasteiger charge is 2.37. The number of rotatable bonds is 8. The molecule has 0 aromatic carbocycles. The molecule has 21 heavy (non-hydrogen) atoms. The molecule has 5 heteroatoms. The largest absolute Gasteiger partial charge is 0.500 e. The van der Waals surface area contributed by atoms with E-state index in [1.54, 1.807) is 21.3 Å². The van der Waals surface area contributed by atoms with E-state index in [9.17, 15) is 0 Å². The molecule has 0 atom stereocenters. The summed E-state index contributed by atoms with van der Waals surface area (Å²) in [5.74, 6) is 0.759. The number of aromatic amines is 1. The Morgan fingerprint density at radius 1 is 1.10 bits per heavy atom. The maximum Gasteiger partial charge on any atom is 0.500 e. The molecule has 1 N–H and O–H groups in total. The van der Waals surface area contributed by atoms with Crippen LogP contribution in [0.5, 0.6) is 0 Å². The van der Waals surface area contributed by atoms with Crippen molar-refractivity contribution in [3.63, 3.8) is 0 Å². The van der Waals surface area contributed by atoms with Gasteiger partial charge in [-0.1, -0.05) is 19.3 Å². The second-order valence-electron chi connectivity index (χ2n) is 5.90. The lowest BCUT2D eigenvalue weighted by atomic mass is 9.83. The Kier molecular flexibility index (Phi) is 6.48. The van der Waals surface area contributed by atoms with Crippen LogP contribution >= 0.6 is 0 Å². The van der Waals surface area contributed by atoms with E-state index in [0.717, 1.165) is 24.8 Å². The molecule has 0 bridgehead atoms. The van der Waals surface area contributed by atoms with E-state index < -0.39 is 8.80 Å². The molecule has 0 unspecified atom stereocenters. The summed E-state index contributed by atoms with van der Waals surface area (Å²) in [5, 5.41) is 0. The number of aryl methyl sites for hydroxylation is 1. The molecule has 1 aromatic rings. The zero-order chi connectivity index (χ0) is 15.1. The fraction of sp³-hybridized carbons (Fsp3) is 0.750. The fourth-order valence-electron chi connectivity index (χ4n) is 3.47. The van der Waals surface area contributed by atoms with Crippen LogP contribution in [0.15, 0.2) is 12.3 Å². The molecule has 1 saturated carbocycles. The number of hydrogen-bond donors (Lipinski definition) is 1. The van der Waals surface area contributed by atoms with Crippen LogP contribution in [0.1, 0.15) is 55.7 Å². The summed E-state index contributed by atoms with van der Waals surface area (Å²) in [6.07, 6.45) is 11.0. The van der Waals surface area contributed by atoms with Crippen molar-refractivity contribution in [2.75, 3.05) is 21.3 Å². The van der Waals surface area contributed by atoms with E-state index in [1.165, 1.54) is 43.4 Å². The third-order valence-electron chi connectivity index (χ3n) is 4.76. The van der Waals surface area contributed by atoms with Gasteiger partial charge in [0.25, 0.3) is 0 Å². The van der Waals surface area contributed by atoms with Gasteiger partial charge in [-0.3, -0.25) is 0 Å². The van der Waals surface area contributed by atoms with Gasteiger partial charge in [-0.2, -0.15) is 0 Å². The van der Waals surface area contributed by atoms with E-state index >= 15 is 0 Å². The van der Waals surface area contributed by atoms with Crippen LogP contribution in [0.2, 0.25) is 6.04 Å². The number of H-pyrrole nitrogens is 1. The van der Waals surface area contributed by atoms with Crippen LogP contribution in [-0.4, -0.2) is 35.1 Å². The summed E-state index contributed by atoms with van der Waals surface area (Å²) in [4.78, 5) is 3.44. The highest BCUT2D eigenvalue weighted by Crippen LogP contribution is 2.34. The molecular formula is C16H29NO3Si. The maximum atomic E-state index is 5.49. The number of aromatic nitrogens is 1. The first-order chi connectivity index (χ1) is 10.2. The Labute approximate surface area is 129 Å². The third-order valence-corrected chi connectivity index (χ3v) is 7.59. The summed E-state index contributed by atoms with van der Waals surface area (Å²) in [6.45, 7) is 0. The van der Waals surface area contributed by atoms with Crippen molar-refractivity contribution in [2.45, 2.75) is 56.9 Å². The minimum absolute atomic E-state index is 0.759. The van der Waals surface area contributed by atoms with Gasteiger partial charge in [0.15, 0.2) is 0 Å². The van der Waals surface area contributed by atoms with Gasteiger partial charge in [0.2, 0.25) is 0 Å². The average Bonchev–Trinajstić information content (AvgIpc) is 3.01. The first kappa shape index (κ1) is 16.7. The van der Waals surface area contributed by atoms with Gasteiger partial charge >= 0.3 is 8.80 Å². The summed E-state index contributed by atoms with van der Waals surface area (Å²) >= 11 is 0. The molecule has 2 rings (SSSR count). The average molecular weight is 311 g/mol. The lowest BCUT2D eigenvalue weighted by Gasteiger charge is -2.25. The normalized spacial score (nSPS) is 17.3. The Hall–Kier alpha value is -0.623. The molecule has 0 saturated heterocycles. The summed E-state index contributed by atoms with van der Waals surface area (Å²) in [7, 11) is 2.62. The Balaban J connectivity index is 1.90. The maximum absolute atomic E-state index is 5.49. The van der Waals surface area contributed by atoms with Gasteiger partial charge in [-0.25, -0.2) is 0 Å². The SMILES string of the molecule is CO[Si](CCCc1[nH]ccc1C1CCCCC1)(OC)OC. The molecule has 1 aromatic heterocycles. The molecule has 120 valence electrons. The lowest BCUT2D eigenvalue weighted by molar-refractivity contribution is 0.123. The Bertz CT molecular complexity index is 403. The van der Waals surface area contributed by atoms with Crippen LogP contribution in [-0.2, 0) is 19.7 Å². The van der Waals surface area contributed by atoms with E-state index in [0.29, 0.717) is 0 Å². The molecular weight excluding hydrogens is 282 g/mol. The van der Waals surface area contributed by atoms with Crippen molar-refractivity contribution >= 4 is 8.80 Å². The second-order valence-corrected chi connectivity index (χ2v) is 8.99. The summed E-state index contributed by atoms with van der Waals surface area (Å²) in [5.41, 5.74) is 2.93. The van der Waals surface area contributed by atoms with Crippen LogP contribution < -0.4 is 0 Å². The fourth-order valence-corrected chi connectivity index (χ4v) is 5.19. The first-order valence-corrected chi connectivity index (χ1v) is 9.99. The van der Waals surface area contributed by atoms with E-state index in [2.05, 4.69) is 17.2 Å². The quantitative estimate of drug-likeness (QED) is 0.741. The Morgan fingerprint density at radius 2 is 1.76 bits per heavy atom. The molecule has 1 heterocycles. The van der Waals surface area contributed by atoms with E-state index in [1.807, 2.05) is 0 Å². The molecule has 0 aliphatic heterocycles. The summed E-state index contributed by atoms with van der Waals surface area (Å²) in [6, 6.07) is 3.14. The zero-order valence-corrected chi connectivity index (χ0v) is 14.6. The van der Waals surface area contributed by atoms with Gasteiger partial charge in [0, 0.05) is 39.3 Å². The van der Waals surface area contributed by atoms with Crippen LogP contribution in [0.4, 0.5) is 0 Å². The van der Waals surface area contributed by atoms with Crippen molar-refractivity contribution in [3.05, 3.63) is 23.5 Å². The topological polar surface area (TPSA) is 43.5 Å². The minimum atomic E-state index is -2.42.